The molecule has 9 heavy (non-hydrogen) atoms. The topological polar surface area (TPSA) is 53.2 Å². The Morgan fingerprint density at radius 2 is 2.56 bits per heavy atom. The minimum absolute atomic E-state index is 0.227. The molecule has 0 aliphatic carbocycles. The minimum atomic E-state index is -0.924. The summed E-state index contributed by atoms with van der Waals surface area (Å²) in [5.41, 5.74) is 0. The van der Waals surface area contributed by atoms with Crippen LogP contribution in [0.25, 0.3) is 0 Å². The van der Waals surface area contributed by atoms with Gasteiger partial charge < -0.3 is 9.84 Å². The molecule has 0 spiro atoms. The molecule has 0 aromatic rings. The summed E-state index contributed by atoms with van der Waals surface area (Å²) in [6.45, 7) is 0.684. The van der Waals surface area contributed by atoms with Crippen LogP contribution in [-0.4, -0.2) is 23.9 Å². The van der Waals surface area contributed by atoms with Crippen molar-refractivity contribution in [1.82, 2.24) is 0 Å². The van der Waals surface area contributed by atoms with Crippen LogP contribution in [0.3, 0.4) is 0 Å². The zero-order valence-electron chi connectivity index (χ0n) is 5.08. The Bertz CT molecular complexity index is 124. The summed E-state index contributed by atoms with van der Waals surface area (Å²) in [6.07, 6.45) is 0.625. The third-order valence-electron chi connectivity index (χ3n) is 1.45. The van der Waals surface area contributed by atoms with Crippen LogP contribution >= 0.6 is 0 Å². The highest BCUT2D eigenvalue weighted by Crippen LogP contribution is 2.14. The smallest absolute Gasteiger partial charge is 0.166 e. The number of hydrogen-bond donors (Lipinski definition) is 1. The predicted octanol–water partition coefficient (Wildman–Crippen LogP) is 0.0499. The molecule has 1 heterocycles. The van der Waals surface area contributed by atoms with E-state index in [2.05, 4.69) is 0 Å². The van der Waals surface area contributed by atoms with Gasteiger partial charge in [0.05, 0.1) is 12.2 Å². The molecule has 0 amide bonds. The second kappa shape index (κ2) is 2.81. The Kier molecular flexibility index (Phi) is 2.04. The average molecular weight is 127 g/mol. The molecule has 0 bridgehead atoms. The van der Waals surface area contributed by atoms with Crippen LogP contribution in [0, 0.1) is 11.3 Å². The first-order valence-corrected chi connectivity index (χ1v) is 3.04. The molecule has 0 aromatic heterocycles. The Labute approximate surface area is 53.9 Å². The number of ether oxygens (including phenoxy) is 1. The quantitative estimate of drug-likeness (QED) is 0.506. The molecule has 0 radical (unpaired) electrons. The summed E-state index contributed by atoms with van der Waals surface area (Å²) in [7, 11) is 0. The van der Waals surface area contributed by atoms with E-state index in [4.69, 9.17) is 15.1 Å². The standard InChI is InChI=1S/C6H9NO2/c7-4-5(8)6-2-1-3-9-6/h5-6,8H,1-3H2/t5-,6-/m0/s1. The van der Waals surface area contributed by atoms with E-state index in [0.717, 1.165) is 12.8 Å². The van der Waals surface area contributed by atoms with Crippen molar-refractivity contribution >= 4 is 0 Å². The van der Waals surface area contributed by atoms with Gasteiger partial charge in [0, 0.05) is 6.61 Å². The first-order valence-electron chi connectivity index (χ1n) is 3.04. The summed E-state index contributed by atoms with van der Waals surface area (Å²) in [5.74, 6) is 0. The Morgan fingerprint density at radius 3 is 3.00 bits per heavy atom. The molecular formula is C6H9NO2. The third-order valence-corrected chi connectivity index (χ3v) is 1.45. The van der Waals surface area contributed by atoms with Gasteiger partial charge >= 0.3 is 0 Å². The van der Waals surface area contributed by atoms with Crippen molar-refractivity contribution in [3.05, 3.63) is 0 Å². The van der Waals surface area contributed by atoms with E-state index in [9.17, 15) is 0 Å². The molecule has 1 saturated heterocycles. The van der Waals surface area contributed by atoms with E-state index in [1.807, 2.05) is 0 Å². The van der Waals surface area contributed by atoms with Crippen LogP contribution in [0.1, 0.15) is 12.8 Å². The summed E-state index contributed by atoms with van der Waals surface area (Å²) in [5, 5.41) is 17.1. The van der Waals surface area contributed by atoms with Crippen molar-refractivity contribution < 1.29 is 9.84 Å². The van der Waals surface area contributed by atoms with Gasteiger partial charge in [-0.1, -0.05) is 0 Å². The fourth-order valence-corrected chi connectivity index (χ4v) is 0.935. The number of aliphatic hydroxyl groups excluding tert-OH is 1. The monoisotopic (exact) mass is 127 g/mol. The maximum absolute atomic E-state index is 8.87. The number of nitriles is 1. The lowest BCUT2D eigenvalue weighted by atomic mass is 10.1. The highest BCUT2D eigenvalue weighted by Gasteiger charge is 2.23. The maximum Gasteiger partial charge on any atom is 0.166 e. The Morgan fingerprint density at radius 1 is 1.78 bits per heavy atom. The number of hydrogen-bond acceptors (Lipinski definition) is 3. The van der Waals surface area contributed by atoms with Crippen LogP contribution < -0.4 is 0 Å². The Hall–Kier alpha value is -0.590. The van der Waals surface area contributed by atoms with Gasteiger partial charge in [-0.25, -0.2) is 0 Å². The third kappa shape index (κ3) is 1.41. The summed E-state index contributed by atoms with van der Waals surface area (Å²) in [4.78, 5) is 0. The fraction of sp³-hybridized carbons (Fsp3) is 0.833. The van der Waals surface area contributed by atoms with Gasteiger partial charge in [-0.15, -0.1) is 0 Å². The van der Waals surface area contributed by atoms with Crippen LogP contribution in [-0.2, 0) is 4.74 Å². The van der Waals surface area contributed by atoms with Gasteiger partial charge in [-0.3, -0.25) is 0 Å². The van der Waals surface area contributed by atoms with Gasteiger partial charge in [0.25, 0.3) is 0 Å². The van der Waals surface area contributed by atoms with E-state index < -0.39 is 6.10 Å². The lowest BCUT2D eigenvalue weighted by Crippen LogP contribution is -2.22. The zero-order chi connectivity index (χ0) is 6.69. The highest BCUT2D eigenvalue weighted by atomic mass is 16.5. The molecule has 0 saturated carbocycles. The largest absolute Gasteiger partial charge is 0.375 e. The zero-order valence-corrected chi connectivity index (χ0v) is 5.08. The molecule has 1 aliphatic rings. The normalized spacial score (nSPS) is 29.6. The van der Waals surface area contributed by atoms with Crippen LogP contribution in [0.4, 0.5) is 0 Å². The van der Waals surface area contributed by atoms with E-state index in [0.29, 0.717) is 6.61 Å². The van der Waals surface area contributed by atoms with Crippen molar-refractivity contribution in [2.75, 3.05) is 6.61 Å². The highest BCUT2D eigenvalue weighted by molar-refractivity contribution is 4.90. The van der Waals surface area contributed by atoms with Crippen LogP contribution in [0.5, 0.6) is 0 Å². The second-order valence-corrected chi connectivity index (χ2v) is 2.13. The van der Waals surface area contributed by atoms with Crippen LogP contribution in [0.2, 0.25) is 0 Å². The van der Waals surface area contributed by atoms with E-state index in [1.54, 1.807) is 6.07 Å². The molecule has 2 atom stereocenters. The first-order chi connectivity index (χ1) is 4.34. The van der Waals surface area contributed by atoms with Gasteiger partial charge in [-0.05, 0) is 12.8 Å². The van der Waals surface area contributed by atoms with Crippen molar-refractivity contribution in [2.45, 2.75) is 25.0 Å². The SMILES string of the molecule is N#C[C@H](O)[C@@H]1CCCO1. The fourth-order valence-electron chi connectivity index (χ4n) is 0.935. The molecule has 3 nitrogen and oxygen atoms in total. The molecule has 1 fully saturated rings. The Balaban J connectivity index is 2.34. The molecule has 0 unspecified atom stereocenters. The molecule has 1 N–H and O–H groups in total. The van der Waals surface area contributed by atoms with Gasteiger partial charge in [0.2, 0.25) is 0 Å². The number of rotatable bonds is 1. The average Bonchev–Trinajstić information content (AvgIpc) is 2.37. The second-order valence-electron chi connectivity index (χ2n) is 2.13. The molecule has 0 aromatic carbocycles. The van der Waals surface area contributed by atoms with Gasteiger partial charge in [0.1, 0.15) is 0 Å². The summed E-state index contributed by atoms with van der Waals surface area (Å²) in [6, 6.07) is 1.74. The van der Waals surface area contributed by atoms with Crippen molar-refractivity contribution in [2.24, 2.45) is 0 Å². The lowest BCUT2D eigenvalue weighted by molar-refractivity contribution is 0.0263. The predicted molar refractivity (Wildman–Crippen MR) is 30.6 cm³/mol. The molecular weight excluding hydrogens is 118 g/mol. The molecule has 1 rings (SSSR count). The minimum Gasteiger partial charge on any atom is -0.375 e. The summed E-state index contributed by atoms with van der Waals surface area (Å²) >= 11 is 0. The lowest BCUT2D eigenvalue weighted by Gasteiger charge is -2.08. The molecule has 1 aliphatic heterocycles. The van der Waals surface area contributed by atoms with E-state index in [-0.39, 0.29) is 6.10 Å². The van der Waals surface area contributed by atoms with Crippen molar-refractivity contribution in [3.63, 3.8) is 0 Å². The van der Waals surface area contributed by atoms with Crippen molar-refractivity contribution in [3.8, 4) is 6.07 Å². The van der Waals surface area contributed by atoms with Crippen LogP contribution in [0.15, 0.2) is 0 Å². The molecule has 3 heteroatoms. The number of nitrogens with zero attached hydrogens (tertiary/aromatic N) is 1. The van der Waals surface area contributed by atoms with E-state index in [1.165, 1.54) is 0 Å². The van der Waals surface area contributed by atoms with Gasteiger partial charge in [0.15, 0.2) is 6.10 Å². The molecule has 50 valence electrons. The first kappa shape index (κ1) is 6.53. The summed E-state index contributed by atoms with van der Waals surface area (Å²) < 4.78 is 5.03. The van der Waals surface area contributed by atoms with Gasteiger partial charge in [-0.2, -0.15) is 5.26 Å². The maximum atomic E-state index is 8.87. The van der Waals surface area contributed by atoms with E-state index >= 15 is 0 Å². The van der Waals surface area contributed by atoms with Crippen molar-refractivity contribution in [1.29, 1.82) is 5.26 Å². The number of aliphatic hydroxyl groups is 1.